The zero-order valence-electron chi connectivity index (χ0n) is 12.2. The van der Waals surface area contributed by atoms with Gasteiger partial charge in [0.15, 0.2) is 0 Å². The third kappa shape index (κ3) is 3.90. The van der Waals surface area contributed by atoms with Gasteiger partial charge in [-0.3, -0.25) is 19.7 Å². The van der Waals surface area contributed by atoms with Gasteiger partial charge in [-0.1, -0.05) is 18.6 Å². The van der Waals surface area contributed by atoms with Gasteiger partial charge in [-0.15, -0.1) is 0 Å². The van der Waals surface area contributed by atoms with Crippen molar-refractivity contribution in [3.8, 4) is 0 Å². The van der Waals surface area contributed by atoms with Crippen LogP contribution >= 0.6 is 0 Å². The first-order chi connectivity index (χ1) is 10.5. The van der Waals surface area contributed by atoms with Gasteiger partial charge in [-0.2, -0.15) is 0 Å². The summed E-state index contributed by atoms with van der Waals surface area (Å²) in [4.78, 5) is 33.3. The topological polar surface area (TPSA) is 97.5 Å². The molecule has 1 fully saturated rings. The Labute approximate surface area is 128 Å². The summed E-state index contributed by atoms with van der Waals surface area (Å²) in [6.45, 7) is 0. The Morgan fingerprint density at radius 2 is 1.82 bits per heavy atom. The maximum atomic E-state index is 12.1. The average Bonchev–Trinajstić information content (AvgIpc) is 2.97. The molecule has 0 bridgehead atoms. The minimum Gasteiger partial charge on any atom is -0.481 e. The van der Waals surface area contributed by atoms with Gasteiger partial charge in [-0.05, 0) is 31.2 Å². The van der Waals surface area contributed by atoms with Crippen molar-refractivity contribution in [2.24, 2.45) is 11.8 Å². The zero-order valence-corrected chi connectivity index (χ0v) is 12.2. The van der Waals surface area contributed by atoms with Crippen LogP contribution in [0.4, 0.5) is 5.69 Å². The molecule has 0 spiro atoms. The van der Waals surface area contributed by atoms with Crippen molar-refractivity contribution in [3.63, 3.8) is 0 Å². The van der Waals surface area contributed by atoms with Gasteiger partial charge >= 0.3 is 5.97 Å². The normalized spacial score (nSPS) is 20.7. The molecule has 2 rings (SSSR count). The van der Waals surface area contributed by atoms with Crippen molar-refractivity contribution in [3.05, 3.63) is 39.9 Å². The number of nitro groups is 1. The van der Waals surface area contributed by atoms with E-state index in [1.165, 1.54) is 12.1 Å². The van der Waals surface area contributed by atoms with Crippen LogP contribution in [-0.4, -0.2) is 21.8 Å². The van der Waals surface area contributed by atoms with Crippen LogP contribution in [0.3, 0.4) is 0 Å². The molecule has 2 atom stereocenters. The SMILES string of the molecule is O=C(O)[C@H]1CCC[C@H]1C(=O)CCCc1ccc([N+](=O)[O-])cc1. The summed E-state index contributed by atoms with van der Waals surface area (Å²) in [5.74, 6) is -1.70. The zero-order chi connectivity index (χ0) is 16.1. The van der Waals surface area contributed by atoms with Gasteiger partial charge in [-0.25, -0.2) is 0 Å². The molecule has 1 aliphatic carbocycles. The van der Waals surface area contributed by atoms with E-state index in [0.29, 0.717) is 32.1 Å². The molecule has 6 nitrogen and oxygen atoms in total. The Morgan fingerprint density at radius 3 is 2.41 bits per heavy atom. The Morgan fingerprint density at radius 1 is 1.18 bits per heavy atom. The molecule has 0 aliphatic heterocycles. The van der Waals surface area contributed by atoms with E-state index in [0.717, 1.165) is 12.0 Å². The number of carboxylic acids is 1. The van der Waals surface area contributed by atoms with E-state index >= 15 is 0 Å². The molecule has 22 heavy (non-hydrogen) atoms. The fraction of sp³-hybridized carbons (Fsp3) is 0.500. The van der Waals surface area contributed by atoms with Crippen LogP contribution in [0.15, 0.2) is 24.3 Å². The molecule has 0 unspecified atom stereocenters. The van der Waals surface area contributed by atoms with Crippen LogP contribution in [0.2, 0.25) is 0 Å². The van der Waals surface area contributed by atoms with E-state index in [2.05, 4.69) is 0 Å². The fourth-order valence-corrected chi connectivity index (χ4v) is 3.08. The Kier molecular flexibility index (Phi) is 5.25. The maximum absolute atomic E-state index is 12.1. The lowest BCUT2D eigenvalue weighted by atomic mass is 9.89. The van der Waals surface area contributed by atoms with Gasteiger partial charge in [0.25, 0.3) is 5.69 Å². The standard InChI is InChI=1S/C16H19NO5/c18-15(13-4-2-5-14(13)16(19)20)6-1-3-11-7-9-12(10-8-11)17(21)22/h7-10,13-14H,1-6H2,(H,19,20)/t13-,14+/m1/s1. The third-order valence-corrected chi connectivity index (χ3v) is 4.28. The lowest BCUT2D eigenvalue weighted by molar-refractivity contribution is -0.384. The summed E-state index contributed by atoms with van der Waals surface area (Å²) in [6, 6.07) is 6.29. The monoisotopic (exact) mass is 305 g/mol. The molecule has 1 N–H and O–H groups in total. The van der Waals surface area contributed by atoms with Gasteiger partial charge in [0.2, 0.25) is 0 Å². The summed E-state index contributed by atoms with van der Waals surface area (Å²) in [5.41, 5.74) is 0.995. The number of carbonyl (C=O) groups is 2. The van der Waals surface area contributed by atoms with Crippen molar-refractivity contribution in [1.29, 1.82) is 0 Å². The molecular formula is C16H19NO5. The number of rotatable bonds is 7. The van der Waals surface area contributed by atoms with E-state index in [-0.39, 0.29) is 17.4 Å². The number of nitrogens with zero attached hydrogens (tertiary/aromatic N) is 1. The number of Topliss-reactive ketones (excluding diaryl/α,β-unsaturated/α-hetero) is 1. The first-order valence-corrected chi connectivity index (χ1v) is 7.48. The maximum Gasteiger partial charge on any atom is 0.307 e. The van der Waals surface area contributed by atoms with Crippen molar-refractivity contribution in [2.75, 3.05) is 0 Å². The molecule has 0 aromatic heterocycles. The first-order valence-electron chi connectivity index (χ1n) is 7.48. The Hall–Kier alpha value is -2.24. The number of ketones is 1. The van der Waals surface area contributed by atoms with Crippen molar-refractivity contribution in [1.82, 2.24) is 0 Å². The highest BCUT2D eigenvalue weighted by atomic mass is 16.6. The molecule has 0 amide bonds. The highest BCUT2D eigenvalue weighted by Crippen LogP contribution is 2.33. The van der Waals surface area contributed by atoms with Crippen molar-refractivity contribution < 1.29 is 19.6 Å². The van der Waals surface area contributed by atoms with E-state index in [4.69, 9.17) is 5.11 Å². The molecule has 0 heterocycles. The largest absolute Gasteiger partial charge is 0.481 e. The van der Waals surface area contributed by atoms with Gasteiger partial charge < -0.3 is 5.11 Å². The lowest BCUT2D eigenvalue weighted by Crippen LogP contribution is -2.25. The molecular weight excluding hydrogens is 286 g/mol. The number of carboxylic acid groups (broad SMARTS) is 1. The predicted molar refractivity (Wildman–Crippen MR) is 79.5 cm³/mol. The van der Waals surface area contributed by atoms with Gasteiger partial charge in [0, 0.05) is 24.5 Å². The van der Waals surface area contributed by atoms with Crippen LogP contribution in [0.25, 0.3) is 0 Å². The summed E-state index contributed by atoms with van der Waals surface area (Å²) in [6.07, 6.45) is 3.73. The number of benzene rings is 1. The number of carbonyl (C=O) groups excluding carboxylic acids is 1. The fourth-order valence-electron chi connectivity index (χ4n) is 3.08. The van der Waals surface area contributed by atoms with E-state index < -0.39 is 16.8 Å². The molecule has 6 heteroatoms. The first kappa shape index (κ1) is 16.1. The lowest BCUT2D eigenvalue weighted by Gasteiger charge is -2.14. The number of aryl methyl sites for hydroxylation is 1. The van der Waals surface area contributed by atoms with E-state index in [1.807, 2.05) is 0 Å². The van der Waals surface area contributed by atoms with Crippen LogP contribution in [0.1, 0.15) is 37.7 Å². The second kappa shape index (κ2) is 7.15. The van der Waals surface area contributed by atoms with Crippen LogP contribution in [0, 0.1) is 22.0 Å². The smallest absolute Gasteiger partial charge is 0.307 e. The number of nitro benzene ring substituents is 1. The van der Waals surface area contributed by atoms with Crippen LogP contribution in [-0.2, 0) is 16.0 Å². The average molecular weight is 305 g/mol. The number of hydrogen-bond acceptors (Lipinski definition) is 4. The third-order valence-electron chi connectivity index (χ3n) is 4.28. The second-order valence-electron chi connectivity index (χ2n) is 5.73. The molecule has 1 aliphatic rings. The quantitative estimate of drug-likeness (QED) is 0.617. The molecule has 1 saturated carbocycles. The summed E-state index contributed by atoms with van der Waals surface area (Å²) < 4.78 is 0. The van der Waals surface area contributed by atoms with Crippen molar-refractivity contribution in [2.45, 2.75) is 38.5 Å². The summed E-state index contributed by atoms with van der Waals surface area (Å²) in [7, 11) is 0. The van der Waals surface area contributed by atoms with E-state index in [1.54, 1.807) is 12.1 Å². The predicted octanol–water partition coefficient (Wildman–Crippen LogP) is 2.99. The second-order valence-corrected chi connectivity index (χ2v) is 5.73. The molecule has 1 aromatic carbocycles. The van der Waals surface area contributed by atoms with Crippen molar-refractivity contribution >= 4 is 17.4 Å². The summed E-state index contributed by atoms with van der Waals surface area (Å²) in [5, 5.41) is 19.7. The highest BCUT2D eigenvalue weighted by molar-refractivity contribution is 5.86. The Balaban J connectivity index is 1.81. The van der Waals surface area contributed by atoms with Gasteiger partial charge in [0.05, 0.1) is 10.8 Å². The minimum atomic E-state index is -0.869. The highest BCUT2D eigenvalue weighted by Gasteiger charge is 2.36. The molecule has 118 valence electrons. The number of non-ortho nitro benzene ring substituents is 1. The molecule has 0 saturated heterocycles. The Bertz CT molecular complexity index is 566. The molecule has 0 radical (unpaired) electrons. The summed E-state index contributed by atoms with van der Waals surface area (Å²) >= 11 is 0. The molecule has 1 aromatic rings. The van der Waals surface area contributed by atoms with Gasteiger partial charge in [0.1, 0.15) is 5.78 Å². The van der Waals surface area contributed by atoms with Crippen LogP contribution in [0.5, 0.6) is 0 Å². The number of hydrogen-bond donors (Lipinski definition) is 1. The number of aliphatic carboxylic acids is 1. The minimum absolute atomic E-state index is 0.0341. The van der Waals surface area contributed by atoms with E-state index in [9.17, 15) is 19.7 Å². The van der Waals surface area contributed by atoms with Crippen LogP contribution < -0.4 is 0 Å².